The Morgan fingerprint density at radius 1 is 1.47 bits per heavy atom. The smallest absolute Gasteiger partial charge is 0.220 e. The Kier molecular flexibility index (Phi) is 3.36. The van der Waals surface area contributed by atoms with Crippen molar-refractivity contribution in [3.63, 3.8) is 0 Å². The summed E-state index contributed by atoms with van der Waals surface area (Å²) in [5, 5.41) is 2.97. The van der Waals surface area contributed by atoms with E-state index in [1.54, 1.807) is 0 Å². The van der Waals surface area contributed by atoms with Crippen molar-refractivity contribution < 1.29 is 9.59 Å². The Hall–Kier alpha value is -0.900. The molecule has 2 unspecified atom stereocenters. The number of aldehydes is 1. The van der Waals surface area contributed by atoms with Crippen LogP contribution in [-0.4, -0.2) is 42.8 Å². The lowest BCUT2D eigenvalue weighted by atomic mass is 9.99. The molecule has 84 valence electrons. The fraction of sp³-hybridized carbons (Fsp3) is 0.818. The van der Waals surface area contributed by atoms with Gasteiger partial charge in [0.15, 0.2) is 0 Å². The van der Waals surface area contributed by atoms with Crippen LogP contribution in [0.15, 0.2) is 0 Å². The van der Waals surface area contributed by atoms with Gasteiger partial charge in [0, 0.05) is 31.5 Å². The quantitative estimate of drug-likeness (QED) is 0.676. The zero-order valence-electron chi connectivity index (χ0n) is 8.95. The van der Waals surface area contributed by atoms with Gasteiger partial charge in [0.25, 0.3) is 0 Å². The van der Waals surface area contributed by atoms with Gasteiger partial charge in [0.1, 0.15) is 6.29 Å². The van der Waals surface area contributed by atoms with Crippen molar-refractivity contribution >= 4 is 12.2 Å². The van der Waals surface area contributed by atoms with Crippen LogP contribution in [0, 0.1) is 5.92 Å². The molecule has 1 amide bonds. The molecule has 0 aromatic heterocycles. The number of carbonyl (C=O) groups is 2. The maximum absolute atomic E-state index is 11.0. The van der Waals surface area contributed by atoms with E-state index in [2.05, 4.69) is 10.2 Å². The van der Waals surface area contributed by atoms with E-state index >= 15 is 0 Å². The molecule has 0 radical (unpaired) electrons. The first-order valence-electron chi connectivity index (χ1n) is 5.75. The van der Waals surface area contributed by atoms with Crippen LogP contribution in [0.25, 0.3) is 0 Å². The van der Waals surface area contributed by atoms with Crippen molar-refractivity contribution in [2.75, 3.05) is 19.6 Å². The highest BCUT2D eigenvalue weighted by Gasteiger charge is 2.25. The van der Waals surface area contributed by atoms with Gasteiger partial charge < -0.3 is 15.0 Å². The predicted molar refractivity (Wildman–Crippen MR) is 56.4 cm³/mol. The first-order valence-corrected chi connectivity index (χ1v) is 5.75. The van der Waals surface area contributed by atoms with Gasteiger partial charge in [-0.25, -0.2) is 0 Å². The highest BCUT2D eigenvalue weighted by molar-refractivity contribution is 5.78. The average Bonchev–Trinajstić information content (AvgIpc) is 2.64. The van der Waals surface area contributed by atoms with E-state index in [1.807, 2.05) is 0 Å². The third-order valence-electron chi connectivity index (χ3n) is 3.30. The summed E-state index contributed by atoms with van der Waals surface area (Å²) < 4.78 is 0. The Bertz CT molecular complexity index is 255. The SMILES string of the molecule is O=CC1CCCN(CC2CCC(=O)N2)C1. The second-order valence-corrected chi connectivity index (χ2v) is 4.60. The molecule has 2 atom stereocenters. The molecular formula is C11H18N2O2. The van der Waals surface area contributed by atoms with Crippen molar-refractivity contribution in [3.05, 3.63) is 0 Å². The number of nitrogens with zero attached hydrogens (tertiary/aromatic N) is 1. The molecule has 0 aromatic carbocycles. The van der Waals surface area contributed by atoms with E-state index in [0.717, 1.165) is 45.2 Å². The summed E-state index contributed by atoms with van der Waals surface area (Å²) in [7, 11) is 0. The lowest BCUT2D eigenvalue weighted by Crippen LogP contribution is -2.43. The van der Waals surface area contributed by atoms with Gasteiger partial charge in [0.05, 0.1) is 0 Å². The number of hydrogen-bond donors (Lipinski definition) is 1. The summed E-state index contributed by atoms with van der Waals surface area (Å²) in [6, 6.07) is 0.308. The fourth-order valence-electron chi connectivity index (χ4n) is 2.49. The molecule has 0 bridgehead atoms. The summed E-state index contributed by atoms with van der Waals surface area (Å²) in [6.07, 6.45) is 4.80. The van der Waals surface area contributed by atoms with Gasteiger partial charge in [-0.15, -0.1) is 0 Å². The van der Waals surface area contributed by atoms with E-state index in [9.17, 15) is 9.59 Å². The summed E-state index contributed by atoms with van der Waals surface area (Å²) in [5.74, 6) is 0.375. The van der Waals surface area contributed by atoms with E-state index in [4.69, 9.17) is 0 Å². The molecule has 2 heterocycles. The van der Waals surface area contributed by atoms with Crippen molar-refractivity contribution in [3.8, 4) is 0 Å². The van der Waals surface area contributed by atoms with Crippen molar-refractivity contribution in [1.82, 2.24) is 10.2 Å². The lowest BCUT2D eigenvalue weighted by molar-refractivity contribution is -0.119. The van der Waals surface area contributed by atoms with Gasteiger partial charge in [-0.05, 0) is 25.8 Å². The largest absolute Gasteiger partial charge is 0.352 e. The summed E-state index contributed by atoms with van der Waals surface area (Å²) >= 11 is 0. The normalized spacial score (nSPS) is 32.7. The van der Waals surface area contributed by atoms with Gasteiger partial charge in [-0.2, -0.15) is 0 Å². The Morgan fingerprint density at radius 3 is 3.00 bits per heavy atom. The van der Waals surface area contributed by atoms with E-state index < -0.39 is 0 Å². The first-order chi connectivity index (χ1) is 7.28. The lowest BCUT2D eigenvalue weighted by Gasteiger charge is -2.31. The number of hydrogen-bond acceptors (Lipinski definition) is 3. The highest BCUT2D eigenvalue weighted by Crippen LogP contribution is 2.16. The van der Waals surface area contributed by atoms with Crippen molar-refractivity contribution in [1.29, 1.82) is 0 Å². The number of rotatable bonds is 3. The van der Waals surface area contributed by atoms with E-state index in [-0.39, 0.29) is 11.8 Å². The van der Waals surface area contributed by atoms with Gasteiger partial charge in [0.2, 0.25) is 5.91 Å². The van der Waals surface area contributed by atoms with Crippen LogP contribution >= 0.6 is 0 Å². The zero-order chi connectivity index (χ0) is 10.7. The Morgan fingerprint density at radius 2 is 2.33 bits per heavy atom. The second-order valence-electron chi connectivity index (χ2n) is 4.60. The second kappa shape index (κ2) is 4.75. The molecule has 0 spiro atoms. The van der Waals surface area contributed by atoms with Gasteiger partial charge in [-0.1, -0.05) is 0 Å². The van der Waals surface area contributed by atoms with Gasteiger partial charge >= 0.3 is 0 Å². The van der Waals surface area contributed by atoms with Crippen molar-refractivity contribution in [2.24, 2.45) is 5.92 Å². The molecule has 0 aromatic rings. The molecular weight excluding hydrogens is 192 g/mol. The van der Waals surface area contributed by atoms with Crippen LogP contribution < -0.4 is 5.32 Å². The van der Waals surface area contributed by atoms with E-state index in [1.165, 1.54) is 0 Å². The molecule has 15 heavy (non-hydrogen) atoms. The van der Waals surface area contributed by atoms with Crippen LogP contribution in [-0.2, 0) is 9.59 Å². The number of amides is 1. The maximum Gasteiger partial charge on any atom is 0.220 e. The third-order valence-corrected chi connectivity index (χ3v) is 3.30. The first kappa shape index (κ1) is 10.6. The van der Waals surface area contributed by atoms with Gasteiger partial charge in [-0.3, -0.25) is 4.79 Å². The third kappa shape index (κ3) is 2.78. The predicted octanol–water partition coefficient (Wildman–Crippen LogP) is 0.176. The molecule has 2 fully saturated rings. The molecule has 2 rings (SSSR count). The van der Waals surface area contributed by atoms with E-state index in [0.29, 0.717) is 12.5 Å². The molecule has 2 aliphatic rings. The number of likely N-dealkylation sites (tertiary alicyclic amines) is 1. The molecule has 0 aliphatic carbocycles. The molecule has 2 saturated heterocycles. The minimum absolute atomic E-state index is 0.170. The number of piperidine rings is 1. The minimum Gasteiger partial charge on any atom is -0.352 e. The van der Waals surface area contributed by atoms with Crippen LogP contribution in [0.4, 0.5) is 0 Å². The number of nitrogens with one attached hydrogen (secondary N) is 1. The Labute approximate surface area is 90.0 Å². The average molecular weight is 210 g/mol. The number of carbonyl (C=O) groups excluding carboxylic acids is 2. The maximum atomic E-state index is 11.0. The molecule has 1 N–H and O–H groups in total. The van der Waals surface area contributed by atoms with Crippen LogP contribution in [0.1, 0.15) is 25.7 Å². The molecule has 4 heteroatoms. The molecule has 4 nitrogen and oxygen atoms in total. The highest BCUT2D eigenvalue weighted by atomic mass is 16.2. The summed E-state index contributed by atoms with van der Waals surface area (Å²) in [5.41, 5.74) is 0. The standard InChI is InChI=1S/C11H18N2O2/c14-8-9-2-1-5-13(6-9)7-10-3-4-11(15)12-10/h8-10H,1-7H2,(H,12,15). The zero-order valence-corrected chi connectivity index (χ0v) is 8.95. The van der Waals surface area contributed by atoms with Crippen LogP contribution in [0.3, 0.4) is 0 Å². The Balaban J connectivity index is 1.78. The van der Waals surface area contributed by atoms with Crippen LogP contribution in [0.2, 0.25) is 0 Å². The monoisotopic (exact) mass is 210 g/mol. The van der Waals surface area contributed by atoms with Crippen molar-refractivity contribution in [2.45, 2.75) is 31.7 Å². The molecule has 0 saturated carbocycles. The summed E-state index contributed by atoms with van der Waals surface area (Å²) in [4.78, 5) is 24.0. The topological polar surface area (TPSA) is 49.4 Å². The molecule has 2 aliphatic heterocycles. The summed E-state index contributed by atoms with van der Waals surface area (Å²) in [6.45, 7) is 2.85. The minimum atomic E-state index is 0.170. The fourth-order valence-corrected chi connectivity index (χ4v) is 2.49. The van der Waals surface area contributed by atoms with Crippen LogP contribution in [0.5, 0.6) is 0 Å².